The monoisotopic (exact) mass is 265 g/mol. The molecule has 0 unspecified atom stereocenters. The van der Waals surface area contributed by atoms with Crippen molar-refractivity contribution in [3.8, 4) is 0 Å². The van der Waals surface area contributed by atoms with Crippen LogP contribution in [-0.2, 0) is 6.54 Å². The van der Waals surface area contributed by atoms with Crippen molar-refractivity contribution in [2.24, 2.45) is 0 Å². The van der Waals surface area contributed by atoms with E-state index in [1.54, 1.807) is 6.26 Å². The van der Waals surface area contributed by atoms with E-state index in [-0.39, 0.29) is 0 Å². The quantitative estimate of drug-likeness (QED) is 0.695. The molecule has 1 aliphatic carbocycles. The summed E-state index contributed by atoms with van der Waals surface area (Å²) in [6, 6.07) is 1.92. The lowest BCUT2D eigenvalue weighted by Gasteiger charge is -2.24. The van der Waals surface area contributed by atoms with Crippen LogP contribution in [0.1, 0.15) is 58.6 Å². The van der Waals surface area contributed by atoms with Crippen LogP contribution in [0.4, 0.5) is 6.01 Å². The first-order valence-corrected chi connectivity index (χ1v) is 7.65. The number of hydrogen-bond acceptors (Lipinski definition) is 4. The molecule has 1 N–H and O–H groups in total. The van der Waals surface area contributed by atoms with Crippen LogP contribution in [0.25, 0.3) is 0 Å². The Morgan fingerprint density at radius 1 is 1.42 bits per heavy atom. The van der Waals surface area contributed by atoms with Crippen LogP contribution >= 0.6 is 0 Å². The number of oxazole rings is 1. The fraction of sp³-hybridized carbons (Fsp3) is 0.800. The summed E-state index contributed by atoms with van der Waals surface area (Å²) >= 11 is 0. The van der Waals surface area contributed by atoms with Gasteiger partial charge in [0.05, 0.1) is 5.69 Å². The molecule has 19 heavy (non-hydrogen) atoms. The summed E-state index contributed by atoms with van der Waals surface area (Å²) in [5.41, 5.74) is 1.02. The largest absolute Gasteiger partial charge is 0.432 e. The van der Waals surface area contributed by atoms with Crippen molar-refractivity contribution in [3.05, 3.63) is 12.0 Å². The molecule has 0 atom stereocenters. The number of hydrogen-bond donors (Lipinski definition) is 1. The Labute approximate surface area is 116 Å². The van der Waals surface area contributed by atoms with E-state index in [1.807, 2.05) is 0 Å². The van der Waals surface area contributed by atoms with Gasteiger partial charge in [0.1, 0.15) is 6.26 Å². The zero-order chi connectivity index (χ0) is 13.7. The van der Waals surface area contributed by atoms with E-state index in [0.717, 1.165) is 24.8 Å². The smallest absolute Gasteiger partial charge is 0.297 e. The molecule has 0 aliphatic heterocycles. The molecule has 0 aromatic carbocycles. The normalized spacial score (nSPS) is 15.2. The van der Waals surface area contributed by atoms with Crippen molar-refractivity contribution in [1.82, 2.24) is 10.3 Å². The van der Waals surface area contributed by atoms with Gasteiger partial charge in [0.2, 0.25) is 0 Å². The SMILES string of the molecule is CCCCCN(c1nc(CNC2CC2)co1)C(C)C. The number of aromatic nitrogens is 1. The molecule has 4 heteroatoms. The number of rotatable bonds is 9. The Hall–Kier alpha value is -1.03. The van der Waals surface area contributed by atoms with Crippen LogP contribution in [0.15, 0.2) is 10.7 Å². The maximum Gasteiger partial charge on any atom is 0.297 e. The molecule has 4 nitrogen and oxygen atoms in total. The standard InChI is InChI=1S/C15H27N3O/c1-4-5-6-9-18(12(2)3)15-17-14(11-19-15)10-16-13-7-8-13/h11-13,16H,4-10H2,1-3H3. The lowest BCUT2D eigenvalue weighted by atomic mass is 10.2. The van der Waals surface area contributed by atoms with E-state index in [2.05, 4.69) is 36.0 Å². The van der Waals surface area contributed by atoms with Gasteiger partial charge in [-0.3, -0.25) is 0 Å². The minimum atomic E-state index is 0.430. The van der Waals surface area contributed by atoms with Crippen LogP contribution in [-0.4, -0.2) is 23.6 Å². The number of nitrogens with one attached hydrogen (secondary N) is 1. The van der Waals surface area contributed by atoms with Crippen molar-refractivity contribution < 1.29 is 4.42 Å². The van der Waals surface area contributed by atoms with Crippen LogP contribution in [0.3, 0.4) is 0 Å². The predicted molar refractivity (Wildman–Crippen MR) is 78.4 cm³/mol. The molecule has 1 aliphatic rings. The van der Waals surface area contributed by atoms with E-state index < -0.39 is 0 Å². The van der Waals surface area contributed by atoms with Gasteiger partial charge in [-0.25, -0.2) is 0 Å². The van der Waals surface area contributed by atoms with E-state index in [4.69, 9.17) is 4.42 Å². The molecule has 0 spiro atoms. The van der Waals surface area contributed by atoms with Gasteiger partial charge in [0.15, 0.2) is 0 Å². The Bertz CT molecular complexity index is 371. The minimum Gasteiger partial charge on any atom is -0.432 e. The minimum absolute atomic E-state index is 0.430. The van der Waals surface area contributed by atoms with Crippen LogP contribution in [0.2, 0.25) is 0 Å². The summed E-state index contributed by atoms with van der Waals surface area (Å²) in [5, 5.41) is 3.47. The lowest BCUT2D eigenvalue weighted by Crippen LogP contribution is -2.32. The van der Waals surface area contributed by atoms with E-state index in [0.29, 0.717) is 12.1 Å². The maximum absolute atomic E-state index is 5.65. The van der Waals surface area contributed by atoms with Crippen molar-refractivity contribution in [2.75, 3.05) is 11.4 Å². The molecular weight excluding hydrogens is 238 g/mol. The van der Waals surface area contributed by atoms with Gasteiger partial charge in [-0.2, -0.15) is 4.98 Å². The van der Waals surface area contributed by atoms with Gasteiger partial charge in [0.25, 0.3) is 6.01 Å². The highest BCUT2D eigenvalue weighted by Crippen LogP contribution is 2.21. The van der Waals surface area contributed by atoms with Crippen molar-refractivity contribution >= 4 is 6.01 Å². The average Bonchev–Trinajstić information content (AvgIpc) is 3.10. The van der Waals surface area contributed by atoms with Gasteiger partial charge >= 0.3 is 0 Å². The average molecular weight is 265 g/mol. The van der Waals surface area contributed by atoms with Crippen molar-refractivity contribution in [2.45, 2.75) is 71.5 Å². The van der Waals surface area contributed by atoms with Crippen molar-refractivity contribution in [1.29, 1.82) is 0 Å². The molecule has 0 radical (unpaired) electrons. The Morgan fingerprint density at radius 3 is 2.84 bits per heavy atom. The fourth-order valence-corrected chi connectivity index (χ4v) is 2.15. The molecular formula is C15H27N3O. The molecule has 1 saturated carbocycles. The molecule has 0 saturated heterocycles. The summed E-state index contributed by atoms with van der Waals surface area (Å²) in [5.74, 6) is 0. The topological polar surface area (TPSA) is 41.3 Å². The number of anilines is 1. The van der Waals surface area contributed by atoms with Gasteiger partial charge in [-0.05, 0) is 33.1 Å². The second-order valence-corrected chi connectivity index (χ2v) is 5.77. The molecule has 1 heterocycles. The Kier molecular flexibility index (Phi) is 5.25. The highest BCUT2D eigenvalue weighted by atomic mass is 16.4. The summed E-state index contributed by atoms with van der Waals surface area (Å²) in [4.78, 5) is 6.87. The Balaban J connectivity index is 1.88. The zero-order valence-corrected chi connectivity index (χ0v) is 12.5. The molecule has 2 rings (SSSR count). The molecule has 0 amide bonds. The molecule has 1 aromatic heterocycles. The van der Waals surface area contributed by atoms with Gasteiger partial charge in [0, 0.05) is 25.2 Å². The van der Waals surface area contributed by atoms with Gasteiger partial charge in [-0.1, -0.05) is 19.8 Å². The molecule has 108 valence electrons. The second-order valence-electron chi connectivity index (χ2n) is 5.77. The Morgan fingerprint density at radius 2 is 2.21 bits per heavy atom. The first kappa shape index (κ1) is 14.4. The van der Waals surface area contributed by atoms with Gasteiger partial charge in [-0.15, -0.1) is 0 Å². The predicted octanol–water partition coefficient (Wildman–Crippen LogP) is 3.33. The first-order valence-electron chi connectivity index (χ1n) is 7.65. The van der Waals surface area contributed by atoms with E-state index in [1.165, 1.54) is 32.1 Å². The number of unbranched alkanes of at least 4 members (excludes halogenated alkanes) is 2. The third-order valence-corrected chi connectivity index (χ3v) is 3.56. The van der Waals surface area contributed by atoms with E-state index >= 15 is 0 Å². The van der Waals surface area contributed by atoms with E-state index in [9.17, 15) is 0 Å². The summed E-state index contributed by atoms with van der Waals surface area (Å²) in [6.45, 7) is 8.47. The maximum atomic E-state index is 5.65. The third-order valence-electron chi connectivity index (χ3n) is 3.56. The highest BCUT2D eigenvalue weighted by Gasteiger charge is 2.21. The second kappa shape index (κ2) is 6.94. The van der Waals surface area contributed by atoms with Crippen molar-refractivity contribution in [3.63, 3.8) is 0 Å². The summed E-state index contributed by atoms with van der Waals surface area (Å²) in [6.07, 6.45) is 8.11. The fourth-order valence-electron chi connectivity index (χ4n) is 2.15. The summed E-state index contributed by atoms with van der Waals surface area (Å²) < 4.78 is 5.65. The molecule has 1 fully saturated rings. The van der Waals surface area contributed by atoms with Crippen LogP contribution < -0.4 is 10.2 Å². The highest BCUT2D eigenvalue weighted by molar-refractivity contribution is 5.28. The third kappa shape index (κ3) is 4.53. The molecule has 0 bridgehead atoms. The summed E-state index contributed by atoms with van der Waals surface area (Å²) in [7, 11) is 0. The van der Waals surface area contributed by atoms with Crippen LogP contribution in [0.5, 0.6) is 0 Å². The zero-order valence-electron chi connectivity index (χ0n) is 12.5. The first-order chi connectivity index (χ1) is 9.20. The lowest BCUT2D eigenvalue weighted by molar-refractivity contribution is 0.502. The number of nitrogens with zero attached hydrogens (tertiary/aromatic N) is 2. The van der Waals surface area contributed by atoms with Crippen LogP contribution in [0, 0.1) is 0 Å². The molecule has 1 aromatic rings. The van der Waals surface area contributed by atoms with Gasteiger partial charge < -0.3 is 14.6 Å².